The van der Waals surface area contributed by atoms with Crippen LogP contribution in [0.4, 0.5) is 0 Å². The van der Waals surface area contributed by atoms with Crippen molar-refractivity contribution in [1.29, 1.82) is 0 Å². The highest BCUT2D eigenvalue weighted by atomic mass is 16.5. The van der Waals surface area contributed by atoms with Gasteiger partial charge in [0.15, 0.2) is 0 Å². The minimum atomic E-state index is -0.663. The summed E-state index contributed by atoms with van der Waals surface area (Å²) in [6.45, 7) is 5.01. The number of ether oxygens (including phenoxy) is 1. The fourth-order valence-corrected chi connectivity index (χ4v) is 14.5. The Morgan fingerprint density at radius 2 is 0.490 bits per heavy atom. The summed E-state index contributed by atoms with van der Waals surface area (Å²) in [5, 5.41) is 23.5. The van der Waals surface area contributed by atoms with Gasteiger partial charge in [0.25, 0.3) is 0 Å². The maximum Gasteiger partial charge on any atom is 0.305 e. The van der Waals surface area contributed by atoms with Gasteiger partial charge in [-0.3, -0.25) is 9.59 Å². The molecule has 1 amide bonds. The molecule has 0 aliphatic heterocycles. The Bertz CT molecular complexity index is 1510. The van der Waals surface area contributed by atoms with Crippen LogP contribution in [0.2, 0.25) is 0 Å². The maximum absolute atomic E-state index is 12.6. The highest BCUT2D eigenvalue weighted by Crippen LogP contribution is 2.21. The average molecular weight is 1350 g/mol. The third-order valence-corrected chi connectivity index (χ3v) is 21.2. The molecule has 3 N–H and O–H groups in total. The summed E-state index contributed by atoms with van der Waals surface area (Å²) in [6, 6.07) is -0.539. The van der Waals surface area contributed by atoms with E-state index in [1.54, 1.807) is 0 Å². The minimum Gasteiger partial charge on any atom is -0.466 e. The van der Waals surface area contributed by atoms with Crippen molar-refractivity contribution in [2.75, 3.05) is 13.2 Å². The first-order chi connectivity index (χ1) is 47.5. The summed E-state index contributed by atoms with van der Waals surface area (Å²) >= 11 is 0. The number of unbranched alkanes of at least 4 members (excludes halogenated alkanes) is 70. The van der Waals surface area contributed by atoms with Crippen LogP contribution in [-0.4, -0.2) is 47.4 Å². The molecule has 0 aromatic carbocycles. The number of carbonyl (C=O) groups is 2. The van der Waals surface area contributed by atoms with Gasteiger partial charge in [-0.15, -0.1) is 0 Å². The summed E-state index contributed by atoms with van der Waals surface area (Å²) in [6.07, 6.45) is 112. The van der Waals surface area contributed by atoms with Crippen molar-refractivity contribution in [3.05, 3.63) is 24.3 Å². The normalized spacial score (nSPS) is 12.5. The van der Waals surface area contributed by atoms with Crippen LogP contribution >= 0.6 is 0 Å². The summed E-state index contributed by atoms with van der Waals surface area (Å²) in [7, 11) is 0. The van der Waals surface area contributed by atoms with Crippen LogP contribution in [0.1, 0.15) is 515 Å². The van der Waals surface area contributed by atoms with E-state index in [0.29, 0.717) is 25.9 Å². The van der Waals surface area contributed by atoms with E-state index >= 15 is 0 Å². The summed E-state index contributed by atoms with van der Waals surface area (Å²) < 4.78 is 5.51. The highest BCUT2D eigenvalue weighted by Gasteiger charge is 2.20. The van der Waals surface area contributed by atoms with Crippen LogP contribution in [0.5, 0.6) is 0 Å². The Morgan fingerprint density at radius 3 is 0.740 bits per heavy atom. The molecule has 0 aromatic heterocycles. The number of aliphatic hydroxyl groups excluding tert-OH is 2. The molecule has 0 radical (unpaired) electrons. The van der Waals surface area contributed by atoms with Gasteiger partial charge in [-0.25, -0.2) is 0 Å². The molecule has 570 valence electrons. The zero-order valence-electron chi connectivity index (χ0n) is 65.7. The van der Waals surface area contributed by atoms with Crippen molar-refractivity contribution in [1.82, 2.24) is 5.32 Å². The van der Waals surface area contributed by atoms with E-state index < -0.39 is 12.1 Å². The van der Waals surface area contributed by atoms with Gasteiger partial charge in [0.05, 0.1) is 25.4 Å². The van der Waals surface area contributed by atoms with Crippen molar-refractivity contribution in [2.24, 2.45) is 0 Å². The van der Waals surface area contributed by atoms with Gasteiger partial charge in [0.2, 0.25) is 5.91 Å². The van der Waals surface area contributed by atoms with E-state index in [2.05, 4.69) is 43.5 Å². The summed E-state index contributed by atoms with van der Waals surface area (Å²) in [5.74, 6) is -0.00393. The molecule has 6 nitrogen and oxygen atoms in total. The number of esters is 1. The monoisotopic (exact) mass is 1350 g/mol. The molecule has 0 bridgehead atoms. The first kappa shape index (κ1) is 94.3. The maximum atomic E-state index is 12.6. The third kappa shape index (κ3) is 81.3. The molecular weight excluding hydrogens is 1170 g/mol. The molecule has 0 aliphatic carbocycles. The Balaban J connectivity index is 3.32. The molecule has 0 aromatic rings. The molecule has 0 rings (SSSR count). The number of allylic oxidation sites excluding steroid dienone is 4. The number of carbonyl (C=O) groups excluding carboxylic acids is 2. The molecule has 96 heavy (non-hydrogen) atoms. The van der Waals surface area contributed by atoms with Crippen LogP contribution in [0, 0.1) is 0 Å². The van der Waals surface area contributed by atoms with Gasteiger partial charge in [-0.2, -0.15) is 0 Å². The number of rotatable bonds is 85. The van der Waals surface area contributed by atoms with Gasteiger partial charge >= 0.3 is 5.97 Å². The lowest BCUT2D eigenvalue weighted by atomic mass is 10.0. The first-order valence-electron chi connectivity index (χ1n) is 44.6. The standard InChI is InChI=1S/C90H175NO5/c1-3-5-7-9-11-13-15-17-19-21-22-23-41-44-47-51-54-58-62-66-70-74-78-82-88(93)87(86-92)91-89(94)83-79-75-71-67-63-59-55-52-48-45-42-39-37-35-33-31-29-27-25-24-26-28-30-32-34-36-38-40-43-46-49-53-57-61-65-69-73-77-81-85-96-90(95)84-80-76-72-68-64-60-56-50-20-18-16-14-12-10-8-6-4-2/h18,20,24-25,87-88,92-93H,3-17,19,21-23,26-86H2,1-2H3,(H,91,94)/b20-18-,25-24-. The highest BCUT2D eigenvalue weighted by molar-refractivity contribution is 5.76. The molecule has 0 heterocycles. The van der Waals surface area contributed by atoms with Crippen LogP contribution < -0.4 is 5.32 Å². The molecule has 0 saturated heterocycles. The fraction of sp³-hybridized carbons (Fsp3) is 0.933. The molecule has 0 saturated carbocycles. The molecule has 0 aliphatic rings. The van der Waals surface area contributed by atoms with Crippen LogP contribution in [-0.2, 0) is 14.3 Å². The second-order valence-corrected chi connectivity index (χ2v) is 30.9. The number of hydrogen-bond donors (Lipinski definition) is 3. The molecule has 2 unspecified atom stereocenters. The smallest absolute Gasteiger partial charge is 0.305 e. The number of aliphatic hydroxyl groups is 2. The Labute approximate surface area is 602 Å². The second kappa shape index (κ2) is 85.8. The molecule has 6 heteroatoms. The lowest BCUT2D eigenvalue weighted by molar-refractivity contribution is -0.143. The van der Waals surface area contributed by atoms with Gasteiger partial charge in [-0.05, 0) is 77.0 Å². The van der Waals surface area contributed by atoms with E-state index in [0.717, 1.165) is 38.5 Å². The van der Waals surface area contributed by atoms with Crippen molar-refractivity contribution >= 4 is 11.9 Å². The lowest BCUT2D eigenvalue weighted by Gasteiger charge is -2.22. The summed E-state index contributed by atoms with van der Waals surface area (Å²) in [4.78, 5) is 24.7. The quantitative estimate of drug-likeness (QED) is 0.0320. The molecular formula is C90H175NO5. The van der Waals surface area contributed by atoms with E-state index in [1.807, 2.05) is 0 Å². The van der Waals surface area contributed by atoms with E-state index in [1.165, 1.54) is 443 Å². The van der Waals surface area contributed by atoms with Crippen molar-refractivity contribution in [3.8, 4) is 0 Å². The van der Waals surface area contributed by atoms with Crippen molar-refractivity contribution in [2.45, 2.75) is 527 Å². The van der Waals surface area contributed by atoms with Crippen LogP contribution in [0.15, 0.2) is 24.3 Å². The van der Waals surface area contributed by atoms with Gasteiger partial charge in [0, 0.05) is 12.8 Å². The van der Waals surface area contributed by atoms with E-state index in [4.69, 9.17) is 4.74 Å². The van der Waals surface area contributed by atoms with Crippen LogP contribution in [0.3, 0.4) is 0 Å². The fourth-order valence-electron chi connectivity index (χ4n) is 14.5. The molecule has 2 atom stereocenters. The first-order valence-corrected chi connectivity index (χ1v) is 44.6. The zero-order chi connectivity index (χ0) is 69.1. The third-order valence-electron chi connectivity index (χ3n) is 21.2. The number of amides is 1. The number of nitrogens with one attached hydrogen (secondary N) is 1. The van der Waals surface area contributed by atoms with Crippen LogP contribution in [0.25, 0.3) is 0 Å². The minimum absolute atomic E-state index is 0.0204. The predicted octanol–water partition coefficient (Wildman–Crippen LogP) is 29.9. The Hall–Kier alpha value is -1.66. The molecule has 0 fully saturated rings. The largest absolute Gasteiger partial charge is 0.466 e. The lowest BCUT2D eigenvalue weighted by Crippen LogP contribution is -2.45. The van der Waals surface area contributed by atoms with E-state index in [-0.39, 0.29) is 18.5 Å². The molecule has 0 spiro atoms. The summed E-state index contributed by atoms with van der Waals surface area (Å²) in [5.41, 5.74) is 0. The Morgan fingerprint density at radius 1 is 0.281 bits per heavy atom. The van der Waals surface area contributed by atoms with Gasteiger partial charge in [0.1, 0.15) is 0 Å². The Kier molecular flexibility index (Phi) is 84.3. The zero-order valence-corrected chi connectivity index (χ0v) is 65.7. The van der Waals surface area contributed by atoms with E-state index in [9.17, 15) is 19.8 Å². The van der Waals surface area contributed by atoms with Crippen molar-refractivity contribution < 1.29 is 24.5 Å². The predicted molar refractivity (Wildman–Crippen MR) is 426 cm³/mol. The average Bonchev–Trinajstić information content (AvgIpc) is 3.15. The SMILES string of the molecule is CCCCCCCC/C=C\CCCCCCCCCC(=O)OCCCCCCCCCCCCCCCCCCCC/C=C\CCCCCCCCCCCCCCCCCCCC(=O)NC(CO)C(O)CCCCCCCCCCCCCCCCCCCCCCCCC. The van der Waals surface area contributed by atoms with Gasteiger partial charge in [-0.1, -0.05) is 449 Å². The topological polar surface area (TPSA) is 95.9 Å². The second-order valence-electron chi connectivity index (χ2n) is 30.9. The van der Waals surface area contributed by atoms with Gasteiger partial charge < -0.3 is 20.3 Å². The number of hydrogen-bond acceptors (Lipinski definition) is 5. The van der Waals surface area contributed by atoms with Crippen molar-refractivity contribution in [3.63, 3.8) is 0 Å².